The molecule has 1 heterocycles. The lowest BCUT2D eigenvalue weighted by atomic mass is 9.86. The highest BCUT2D eigenvalue weighted by Gasteiger charge is 2.36. The third-order valence-corrected chi connectivity index (χ3v) is 5.11. The van der Waals surface area contributed by atoms with Gasteiger partial charge in [-0.3, -0.25) is 14.4 Å². The van der Waals surface area contributed by atoms with Crippen LogP contribution < -0.4 is 5.32 Å². The minimum absolute atomic E-state index is 0.0914. The van der Waals surface area contributed by atoms with E-state index in [1.54, 1.807) is 29.2 Å². The van der Waals surface area contributed by atoms with Crippen LogP contribution >= 0.6 is 11.6 Å². The summed E-state index contributed by atoms with van der Waals surface area (Å²) in [6.45, 7) is 6.36. The highest BCUT2D eigenvalue weighted by atomic mass is 35.5. The third kappa shape index (κ3) is 4.75. The van der Waals surface area contributed by atoms with Crippen LogP contribution in [0.5, 0.6) is 0 Å². The molecule has 0 saturated carbocycles. The topological polar surface area (TPSA) is 86.7 Å². The van der Waals surface area contributed by atoms with E-state index in [0.29, 0.717) is 30.1 Å². The van der Waals surface area contributed by atoms with Gasteiger partial charge in [0.25, 0.3) is 5.91 Å². The van der Waals surface area contributed by atoms with Gasteiger partial charge in [0.15, 0.2) is 0 Å². The summed E-state index contributed by atoms with van der Waals surface area (Å²) in [4.78, 5) is 38.3. The van der Waals surface area contributed by atoms with Gasteiger partial charge in [0.1, 0.15) is 6.04 Å². The molecule has 0 radical (unpaired) electrons. The summed E-state index contributed by atoms with van der Waals surface area (Å²) in [5.41, 5.74) is 0.436. The summed E-state index contributed by atoms with van der Waals surface area (Å²) < 4.78 is 0. The van der Waals surface area contributed by atoms with E-state index in [0.717, 1.165) is 0 Å². The molecule has 2 rings (SSSR count). The van der Waals surface area contributed by atoms with Crippen LogP contribution in [-0.4, -0.2) is 46.9 Å². The molecule has 3 atom stereocenters. The van der Waals surface area contributed by atoms with E-state index in [2.05, 4.69) is 5.32 Å². The molecule has 1 aromatic carbocycles. The first-order chi connectivity index (χ1) is 12.2. The molecule has 2 N–H and O–H groups in total. The Labute approximate surface area is 158 Å². The minimum Gasteiger partial charge on any atom is -0.481 e. The number of halogens is 1. The minimum atomic E-state index is -0.818. The van der Waals surface area contributed by atoms with E-state index >= 15 is 0 Å². The number of hydrogen-bond acceptors (Lipinski definition) is 3. The van der Waals surface area contributed by atoms with Crippen molar-refractivity contribution in [1.82, 2.24) is 10.2 Å². The Morgan fingerprint density at radius 3 is 2.35 bits per heavy atom. The maximum atomic E-state index is 12.9. The number of piperidine rings is 1. The number of hydrogen-bond donors (Lipinski definition) is 2. The van der Waals surface area contributed by atoms with Crippen LogP contribution in [-0.2, 0) is 9.59 Å². The lowest BCUT2D eigenvalue weighted by Crippen LogP contribution is -2.54. The summed E-state index contributed by atoms with van der Waals surface area (Å²) in [5.74, 6) is -1.96. The smallest absolute Gasteiger partial charge is 0.306 e. The van der Waals surface area contributed by atoms with E-state index in [-0.39, 0.29) is 23.7 Å². The van der Waals surface area contributed by atoms with E-state index in [1.807, 2.05) is 20.8 Å². The van der Waals surface area contributed by atoms with Crippen molar-refractivity contribution < 1.29 is 19.5 Å². The van der Waals surface area contributed by atoms with E-state index in [1.165, 1.54) is 0 Å². The van der Waals surface area contributed by atoms with E-state index in [4.69, 9.17) is 11.6 Å². The normalized spacial score (nSPS) is 21.3. The molecule has 7 heteroatoms. The zero-order valence-electron chi connectivity index (χ0n) is 15.2. The van der Waals surface area contributed by atoms with Crippen LogP contribution in [0.2, 0.25) is 5.02 Å². The van der Waals surface area contributed by atoms with Gasteiger partial charge < -0.3 is 15.3 Å². The Morgan fingerprint density at radius 2 is 1.85 bits per heavy atom. The molecule has 0 aromatic heterocycles. The zero-order chi connectivity index (χ0) is 19.4. The molecule has 0 aliphatic carbocycles. The number of nitrogens with one attached hydrogen (secondary N) is 1. The van der Waals surface area contributed by atoms with Crippen molar-refractivity contribution in [2.24, 2.45) is 17.8 Å². The molecule has 1 aliphatic heterocycles. The molecule has 2 amide bonds. The van der Waals surface area contributed by atoms with Gasteiger partial charge in [0.2, 0.25) is 5.91 Å². The molecule has 26 heavy (non-hydrogen) atoms. The number of carbonyl (C=O) groups excluding carboxylic acids is 2. The first-order valence-corrected chi connectivity index (χ1v) is 9.16. The Hall–Kier alpha value is -2.08. The first-order valence-electron chi connectivity index (χ1n) is 8.78. The molecular weight excluding hydrogens is 356 g/mol. The van der Waals surface area contributed by atoms with Crippen LogP contribution in [0.15, 0.2) is 24.3 Å². The molecule has 0 bridgehead atoms. The van der Waals surface area contributed by atoms with Crippen molar-refractivity contribution in [1.29, 1.82) is 0 Å². The Morgan fingerprint density at radius 1 is 1.23 bits per heavy atom. The molecule has 142 valence electrons. The van der Waals surface area contributed by atoms with Gasteiger partial charge in [0.05, 0.1) is 5.92 Å². The van der Waals surface area contributed by atoms with Crippen molar-refractivity contribution in [3.63, 3.8) is 0 Å². The van der Waals surface area contributed by atoms with E-state index in [9.17, 15) is 19.5 Å². The Kier molecular flexibility index (Phi) is 6.64. The fraction of sp³-hybridized carbons (Fsp3) is 0.526. The predicted molar refractivity (Wildman–Crippen MR) is 99.0 cm³/mol. The fourth-order valence-electron chi connectivity index (χ4n) is 3.25. The highest BCUT2D eigenvalue weighted by Crippen LogP contribution is 2.24. The predicted octanol–water partition coefficient (Wildman–Crippen LogP) is 2.66. The van der Waals surface area contributed by atoms with E-state index < -0.39 is 17.9 Å². The number of carboxylic acid groups (broad SMARTS) is 1. The number of aliphatic carboxylic acids is 1. The van der Waals surface area contributed by atoms with Crippen LogP contribution in [0.4, 0.5) is 0 Å². The van der Waals surface area contributed by atoms with Crippen LogP contribution in [0.25, 0.3) is 0 Å². The SMILES string of the molecule is CC(C)C(NC(=O)c1ccc(Cl)cc1)C(=O)N1CCC(C(=O)O)C(C)C1. The summed E-state index contributed by atoms with van der Waals surface area (Å²) in [5, 5.41) is 12.6. The second-order valence-corrected chi connectivity index (χ2v) is 7.63. The summed E-state index contributed by atoms with van der Waals surface area (Å²) in [6.07, 6.45) is 0.429. The molecule has 1 saturated heterocycles. The summed E-state index contributed by atoms with van der Waals surface area (Å²) in [6, 6.07) is 5.81. The van der Waals surface area contributed by atoms with Crippen LogP contribution in [0, 0.1) is 17.8 Å². The Balaban J connectivity index is 2.07. The fourth-order valence-corrected chi connectivity index (χ4v) is 3.37. The maximum Gasteiger partial charge on any atom is 0.306 e. The van der Waals surface area contributed by atoms with Gasteiger partial charge in [-0.05, 0) is 42.5 Å². The van der Waals surface area contributed by atoms with Crippen molar-refractivity contribution >= 4 is 29.4 Å². The van der Waals surface area contributed by atoms with Crippen LogP contribution in [0.3, 0.4) is 0 Å². The van der Waals surface area contributed by atoms with Crippen molar-refractivity contribution in [3.05, 3.63) is 34.9 Å². The molecule has 1 aromatic rings. The average Bonchev–Trinajstić information content (AvgIpc) is 2.58. The number of rotatable bonds is 5. The zero-order valence-corrected chi connectivity index (χ0v) is 16.0. The number of carboxylic acids is 1. The number of likely N-dealkylation sites (tertiary alicyclic amines) is 1. The lowest BCUT2D eigenvalue weighted by Gasteiger charge is -2.37. The van der Waals surface area contributed by atoms with Crippen LogP contribution in [0.1, 0.15) is 37.6 Å². The molecule has 1 fully saturated rings. The third-order valence-electron chi connectivity index (χ3n) is 4.86. The van der Waals surface area contributed by atoms with Gasteiger partial charge in [-0.15, -0.1) is 0 Å². The number of nitrogens with zero attached hydrogens (tertiary/aromatic N) is 1. The molecule has 0 spiro atoms. The van der Waals surface area contributed by atoms with Gasteiger partial charge in [0, 0.05) is 23.7 Å². The summed E-state index contributed by atoms with van der Waals surface area (Å²) in [7, 11) is 0. The maximum absolute atomic E-state index is 12.9. The monoisotopic (exact) mass is 380 g/mol. The second-order valence-electron chi connectivity index (χ2n) is 7.20. The lowest BCUT2D eigenvalue weighted by molar-refractivity contribution is -0.149. The van der Waals surface area contributed by atoms with Gasteiger partial charge in [-0.1, -0.05) is 32.4 Å². The average molecular weight is 381 g/mol. The van der Waals surface area contributed by atoms with Gasteiger partial charge in [-0.2, -0.15) is 0 Å². The number of carbonyl (C=O) groups is 3. The summed E-state index contributed by atoms with van der Waals surface area (Å²) >= 11 is 5.84. The second kappa shape index (κ2) is 8.54. The van der Waals surface area contributed by atoms with Crippen molar-refractivity contribution in [2.45, 2.75) is 33.2 Å². The van der Waals surface area contributed by atoms with Crippen molar-refractivity contribution in [2.75, 3.05) is 13.1 Å². The Bertz CT molecular complexity index is 675. The quantitative estimate of drug-likeness (QED) is 0.822. The number of amides is 2. The van der Waals surface area contributed by atoms with Gasteiger partial charge in [-0.25, -0.2) is 0 Å². The first kappa shape index (κ1) is 20.2. The highest BCUT2D eigenvalue weighted by molar-refractivity contribution is 6.30. The van der Waals surface area contributed by atoms with Gasteiger partial charge >= 0.3 is 5.97 Å². The molecular formula is C19H25ClN2O4. The standard InChI is InChI=1S/C19H25ClN2O4/c1-11(2)16(21-17(23)13-4-6-14(20)7-5-13)18(24)22-9-8-15(19(25)26)12(3)10-22/h4-7,11-12,15-16H,8-10H2,1-3H3,(H,21,23)(H,25,26). The molecule has 1 aliphatic rings. The van der Waals surface area contributed by atoms with Crippen molar-refractivity contribution in [3.8, 4) is 0 Å². The number of benzene rings is 1. The largest absolute Gasteiger partial charge is 0.481 e. The molecule has 3 unspecified atom stereocenters. The molecule has 6 nitrogen and oxygen atoms in total.